The van der Waals surface area contributed by atoms with Crippen molar-refractivity contribution in [1.82, 2.24) is 10.2 Å². The Morgan fingerprint density at radius 1 is 1.43 bits per heavy atom. The molecule has 2 unspecified atom stereocenters. The predicted molar refractivity (Wildman–Crippen MR) is 85.8 cm³/mol. The van der Waals surface area contributed by atoms with Gasteiger partial charge in [0.2, 0.25) is 5.91 Å². The van der Waals surface area contributed by atoms with Crippen LogP contribution in [0.2, 0.25) is 0 Å². The fraction of sp³-hybridized carbons (Fsp3) is 0.588. The van der Waals surface area contributed by atoms with Crippen molar-refractivity contribution in [3.8, 4) is 0 Å². The monoisotopic (exact) mass is 289 g/mol. The average Bonchev–Trinajstić information content (AvgIpc) is 3.33. The minimum Gasteiger partial charge on any atom is -0.368 e. The fourth-order valence-electron chi connectivity index (χ4n) is 3.01. The molecule has 1 aliphatic carbocycles. The van der Waals surface area contributed by atoms with Gasteiger partial charge in [0.1, 0.15) is 5.54 Å². The molecule has 0 spiro atoms. The van der Waals surface area contributed by atoms with Gasteiger partial charge in [-0.15, -0.1) is 0 Å². The largest absolute Gasteiger partial charge is 0.368 e. The van der Waals surface area contributed by atoms with Crippen LogP contribution in [-0.2, 0) is 10.3 Å². The maximum atomic E-state index is 12.1. The maximum absolute atomic E-state index is 12.1. The number of nitrogens with zero attached hydrogens (tertiary/aromatic N) is 1. The highest BCUT2D eigenvalue weighted by molar-refractivity contribution is 5.86. The third-order valence-corrected chi connectivity index (χ3v) is 4.95. The number of hydrogen-bond donors (Lipinski definition) is 2. The molecule has 2 atom stereocenters. The highest BCUT2D eigenvalue weighted by atomic mass is 16.1. The SMILES string of the molecule is CNC(CCN(C)C(C)C1CC1)(C(N)=O)c1ccccc1. The molecule has 0 radical (unpaired) electrons. The first-order valence-electron chi connectivity index (χ1n) is 7.76. The van der Waals surface area contributed by atoms with E-state index in [1.54, 1.807) is 0 Å². The first kappa shape index (κ1) is 16.0. The summed E-state index contributed by atoms with van der Waals surface area (Å²) in [6.07, 6.45) is 3.34. The van der Waals surface area contributed by atoms with Crippen molar-refractivity contribution in [2.24, 2.45) is 11.7 Å². The van der Waals surface area contributed by atoms with Gasteiger partial charge < -0.3 is 16.0 Å². The molecule has 1 aromatic carbocycles. The molecule has 0 aromatic heterocycles. The van der Waals surface area contributed by atoms with Crippen LogP contribution < -0.4 is 11.1 Å². The molecule has 1 amide bonds. The van der Waals surface area contributed by atoms with Gasteiger partial charge in [0.25, 0.3) is 0 Å². The third-order valence-electron chi connectivity index (χ3n) is 4.95. The van der Waals surface area contributed by atoms with Gasteiger partial charge in [-0.2, -0.15) is 0 Å². The van der Waals surface area contributed by atoms with E-state index in [1.807, 2.05) is 37.4 Å². The zero-order valence-electron chi connectivity index (χ0n) is 13.3. The van der Waals surface area contributed by atoms with Crippen LogP contribution in [0.5, 0.6) is 0 Å². The van der Waals surface area contributed by atoms with E-state index in [0.29, 0.717) is 12.5 Å². The van der Waals surface area contributed by atoms with Crippen molar-refractivity contribution in [2.45, 2.75) is 37.8 Å². The summed E-state index contributed by atoms with van der Waals surface area (Å²) in [7, 11) is 3.94. The first-order valence-corrected chi connectivity index (χ1v) is 7.76. The van der Waals surface area contributed by atoms with Crippen LogP contribution >= 0.6 is 0 Å². The summed E-state index contributed by atoms with van der Waals surface area (Å²) in [5, 5.41) is 3.17. The normalized spacial score (nSPS) is 19.2. The first-order chi connectivity index (χ1) is 10.0. The van der Waals surface area contributed by atoms with Crippen LogP contribution in [0.25, 0.3) is 0 Å². The number of amides is 1. The third kappa shape index (κ3) is 3.44. The molecular formula is C17H27N3O. The molecule has 1 aromatic rings. The summed E-state index contributed by atoms with van der Waals surface area (Å²) in [6.45, 7) is 3.11. The number of benzene rings is 1. The molecule has 4 nitrogen and oxygen atoms in total. The van der Waals surface area contributed by atoms with E-state index in [-0.39, 0.29) is 5.91 Å². The lowest BCUT2D eigenvalue weighted by Crippen LogP contribution is -2.53. The van der Waals surface area contributed by atoms with Gasteiger partial charge in [0, 0.05) is 12.6 Å². The molecule has 0 bridgehead atoms. The van der Waals surface area contributed by atoms with E-state index in [1.165, 1.54) is 12.8 Å². The van der Waals surface area contributed by atoms with Gasteiger partial charge in [-0.1, -0.05) is 30.3 Å². The number of nitrogens with one attached hydrogen (secondary N) is 1. The summed E-state index contributed by atoms with van der Waals surface area (Å²) < 4.78 is 0. The number of rotatable bonds is 8. The van der Waals surface area contributed by atoms with Crippen LogP contribution in [0.4, 0.5) is 0 Å². The van der Waals surface area contributed by atoms with Crippen molar-refractivity contribution < 1.29 is 4.79 Å². The van der Waals surface area contributed by atoms with Crippen molar-refractivity contribution in [1.29, 1.82) is 0 Å². The highest BCUT2D eigenvalue weighted by Crippen LogP contribution is 2.35. The summed E-state index contributed by atoms with van der Waals surface area (Å²) in [5.74, 6) is 0.507. The second kappa shape index (κ2) is 6.58. The van der Waals surface area contributed by atoms with Crippen LogP contribution in [0.15, 0.2) is 30.3 Å². The molecule has 2 rings (SSSR count). The zero-order valence-corrected chi connectivity index (χ0v) is 13.3. The van der Waals surface area contributed by atoms with Gasteiger partial charge in [0.15, 0.2) is 0 Å². The minimum atomic E-state index is -0.793. The molecule has 21 heavy (non-hydrogen) atoms. The fourth-order valence-corrected chi connectivity index (χ4v) is 3.01. The number of hydrogen-bond acceptors (Lipinski definition) is 3. The number of primary amides is 1. The Morgan fingerprint density at radius 2 is 2.05 bits per heavy atom. The molecule has 1 aliphatic rings. The quantitative estimate of drug-likeness (QED) is 0.766. The Balaban J connectivity index is 2.11. The van der Waals surface area contributed by atoms with Gasteiger partial charge >= 0.3 is 0 Å². The predicted octanol–water partition coefficient (Wildman–Crippen LogP) is 1.71. The minimum absolute atomic E-state index is 0.316. The van der Waals surface area contributed by atoms with Crippen LogP contribution in [0.1, 0.15) is 31.7 Å². The Hall–Kier alpha value is -1.39. The maximum Gasteiger partial charge on any atom is 0.242 e. The Morgan fingerprint density at radius 3 is 2.52 bits per heavy atom. The number of likely N-dealkylation sites (N-methyl/N-ethyl adjacent to an activating group) is 1. The van der Waals surface area contributed by atoms with E-state index in [2.05, 4.69) is 24.2 Å². The van der Waals surface area contributed by atoms with E-state index >= 15 is 0 Å². The van der Waals surface area contributed by atoms with Gasteiger partial charge in [-0.25, -0.2) is 0 Å². The molecule has 1 saturated carbocycles. The molecule has 0 aliphatic heterocycles. The highest BCUT2D eigenvalue weighted by Gasteiger charge is 2.38. The van der Waals surface area contributed by atoms with Crippen LogP contribution in [-0.4, -0.2) is 37.5 Å². The lowest BCUT2D eigenvalue weighted by molar-refractivity contribution is -0.125. The number of nitrogens with two attached hydrogens (primary N) is 1. The smallest absolute Gasteiger partial charge is 0.242 e. The molecular weight excluding hydrogens is 262 g/mol. The van der Waals surface area contributed by atoms with Crippen molar-refractivity contribution >= 4 is 5.91 Å². The lowest BCUT2D eigenvalue weighted by Gasteiger charge is -2.34. The van der Waals surface area contributed by atoms with Gasteiger partial charge in [-0.05, 0) is 51.8 Å². The zero-order chi connectivity index (χ0) is 15.5. The van der Waals surface area contributed by atoms with Gasteiger partial charge in [-0.3, -0.25) is 4.79 Å². The van der Waals surface area contributed by atoms with Crippen LogP contribution in [0, 0.1) is 5.92 Å². The van der Waals surface area contributed by atoms with E-state index in [0.717, 1.165) is 18.0 Å². The average molecular weight is 289 g/mol. The Kier molecular flexibility index (Phi) is 5.01. The van der Waals surface area contributed by atoms with Crippen molar-refractivity contribution in [2.75, 3.05) is 20.6 Å². The van der Waals surface area contributed by atoms with E-state index in [4.69, 9.17) is 5.73 Å². The second-order valence-electron chi connectivity index (χ2n) is 6.19. The summed E-state index contributed by atoms with van der Waals surface area (Å²) in [5.41, 5.74) is 5.87. The Bertz CT molecular complexity index is 472. The molecule has 0 saturated heterocycles. The number of carbonyl (C=O) groups is 1. The van der Waals surface area contributed by atoms with Crippen molar-refractivity contribution in [3.05, 3.63) is 35.9 Å². The molecule has 1 fully saturated rings. The standard InChI is InChI=1S/C17H27N3O/c1-13(14-9-10-14)20(3)12-11-17(19-2,16(18)21)15-7-5-4-6-8-15/h4-8,13-14,19H,9-12H2,1-3H3,(H2,18,21). The number of carbonyl (C=O) groups excluding carboxylic acids is 1. The lowest BCUT2D eigenvalue weighted by atomic mass is 9.85. The Labute approximate surface area is 127 Å². The summed E-state index contributed by atoms with van der Waals surface area (Å²) in [6, 6.07) is 10.3. The summed E-state index contributed by atoms with van der Waals surface area (Å²) >= 11 is 0. The summed E-state index contributed by atoms with van der Waals surface area (Å²) in [4.78, 5) is 14.5. The topological polar surface area (TPSA) is 58.4 Å². The van der Waals surface area contributed by atoms with E-state index in [9.17, 15) is 4.79 Å². The molecule has 3 N–H and O–H groups in total. The molecule has 0 heterocycles. The van der Waals surface area contributed by atoms with E-state index < -0.39 is 5.54 Å². The molecule has 116 valence electrons. The second-order valence-corrected chi connectivity index (χ2v) is 6.19. The van der Waals surface area contributed by atoms with Gasteiger partial charge in [0.05, 0.1) is 0 Å². The van der Waals surface area contributed by atoms with Crippen molar-refractivity contribution in [3.63, 3.8) is 0 Å². The molecule has 4 heteroatoms. The van der Waals surface area contributed by atoms with Crippen LogP contribution in [0.3, 0.4) is 0 Å².